The SMILES string of the molecule is CCOC(=O)C1=C(COc2cc(Cl)c(Cl)cc2Cl)NC(=O)NC1. The molecule has 1 aromatic rings. The smallest absolute Gasteiger partial charge is 0.337 e. The van der Waals surface area contributed by atoms with Gasteiger partial charge in [0.25, 0.3) is 0 Å². The lowest BCUT2D eigenvalue weighted by molar-refractivity contribution is -0.138. The van der Waals surface area contributed by atoms with Crippen molar-refractivity contribution in [2.75, 3.05) is 19.8 Å². The fraction of sp³-hybridized carbons (Fsp3) is 0.286. The molecule has 0 spiro atoms. The van der Waals surface area contributed by atoms with Crippen LogP contribution in [-0.2, 0) is 9.53 Å². The number of esters is 1. The molecule has 0 atom stereocenters. The van der Waals surface area contributed by atoms with E-state index in [0.29, 0.717) is 10.7 Å². The van der Waals surface area contributed by atoms with E-state index in [-0.39, 0.29) is 41.1 Å². The molecule has 0 saturated carbocycles. The van der Waals surface area contributed by atoms with Crippen molar-refractivity contribution in [3.8, 4) is 5.75 Å². The van der Waals surface area contributed by atoms with Crippen molar-refractivity contribution in [3.05, 3.63) is 38.5 Å². The molecule has 1 heterocycles. The zero-order valence-corrected chi connectivity index (χ0v) is 14.3. The van der Waals surface area contributed by atoms with E-state index in [9.17, 15) is 9.59 Å². The standard InChI is InChI=1S/C14H13Cl3N2O4/c1-2-22-13(20)7-5-18-14(21)19-11(7)6-23-12-4-9(16)8(15)3-10(12)17/h3-4H,2,5-6H2,1H3,(H2,18,19,21). The molecule has 0 aromatic heterocycles. The van der Waals surface area contributed by atoms with Gasteiger partial charge in [0.2, 0.25) is 0 Å². The molecule has 23 heavy (non-hydrogen) atoms. The summed E-state index contributed by atoms with van der Waals surface area (Å²) >= 11 is 17.8. The highest BCUT2D eigenvalue weighted by molar-refractivity contribution is 6.43. The van der Waals surface area contributed by atoms with Gasteiger partial charge >= 0.3 is 12.0 Å². The molecule has 0 radical (unpaired) electrons. The molecular formula is C14H13Cl3N2O4. The summed E-state index contributed by atoms with van der Waals surface area (Å²) < 4.78 is 10.5. The van der Waals surface area contributed by atoms with Gasteiger partial charge in [-0.2, -0.15) is 0 Å². The summed E-state index contributed by atoms with van der Waals surface area (Å²) in [5, 5.41) is 5.86. The van der Waals surface area contributed by atoms with Gasteiger partial charge in [-0.05, 0) is 13.0 Å². The van der Waals surface area contributed by atoms with Crippen LogP contribution in [0.3, 0.4) is 0 Å². The Morgan fingerprint density at radius 3 is 2.61 bits per heavy atom. The van der Waals surface area contributed by atoms with Gasteiger partial charge in [0.1, 0.15) is 12.4 Å². The zero-order chi connectivity index (χ0) is 17.0. The van der Waals surface area contributed by atoms with Crippen LogP contribution in [0.2, 0.25) is 15.1 Å². The molecule has 2 rings (SSSR count). The molecule has 9 heteroatoms. The largest absolute Gasteiger partial charge is 0.486 e. The van der Waals surface area contributed by atoms with Crippen molar-refractivity contribution in [2.45, 2.75) is 6.92 Å². The van der Waals surface area contributed by atoms with Gasteiger partial charge in [0, 0.05) is 6.07 Å². The first-order valence-corrected chi connectivity index (χ1v) is 7.77. The molecule has 6 nitrogen and oxygen atoms in total. The Morgan fingerprint density at radius 2 is 1.91 bits per heavy atom. The Morgan fingerprint density at radius 1 is 1.22 bits per heavy atom. The summed E-state index contributed by atoms with van der Waals surface area (Å²) in [4.78, 5) is 23.3. The third-order valence-electron chi connectivity index (χ3n) is 2.92. The number of carbonyl (C=O) groups excluding carboxylic acids is 2. The predicted molar refractivity (Wildman–Crippen MR) is 87.2 cm³/mol. The summed E-state index contributed by atoms with van der Waals surface area (Å²) in [6.45, 7) is 1.89. The molecule has 1 aromatic carbocycles. The number of carbonyl (C=O) groups is 2. The molecule has 2 N–H and O–H groups in total. The lowest BCUT2D eigenvalue weighted by Crippen LogP contribution is -2.45. The number of nitrogens with one attached hydrogen (secondary N) is 2. The maximum absolute atomic E-state index is 11.9. The van der Waals surface area contributed by atoms with Gasteiger partial charge in [-0.3, -0.25) is 0 Å². The first-order valence-electron chi connectivity index (χ1n) is 6.63. The monoisotopic (exact) mass is 378 g/mol. The highest BCUT2D eigenvalue weighted by Crippen LogP contribution is 2.34. The zero-order valence-electron chi connectivity index (χ0n) is 12.0. The lowest BCUT2D eigenvalue weighted by Gasteiger charge is -2.21. The van der Waals surface area contributed by atoms with Crippen molar-refractivity contribution in [2.24, 2.45) is 0 Å². The van der Waals surface area contributed by atoms with Crippen LogP contribution in [0.5, 0.6) is 5.75 Å². The number of hydrogen-bond acceptors (Lipinski definition) is 4. The molecule has 2 amide bonds. The highest BCUT2D eigenvalue weighted by Gasteiger charge is 2.24. The van der Waals surface area contributed by atoms with Crippen LogP contribution in [0, 0.1) is 0 Å². The van der Waals surface area contributed by atoms with Crippen LogP contribution >= 0.6 is 34.8 Å². The quantitative estimate of drug-likeness (QED) is 0.608. The molecule has 1 aliphatic rings. The molecule has 0 unspecified atom stereocenters. The van der Waals surface area contributed by atoms with Crippen molar-refractivity contribution >= 4 is 46.8 Å². The fourth-order valence-electron chi connectivity index (χ4n) is 1.83. The second kappa shape index (κ2) is 7.77. The van der Waals surface area contributed by atoms with Gasteiger partial charge in [0.15, 0.2) is 0 Å². The highest BCUT2D eigenvalue weighted by atomic mass is 35.5. The first-order chi connectivity index (χ1) is 10.9. The third kappa shape index (κ3) is 4.43. The average molecular weight is 380 g/mol. The van der Waals surface area contributed by atoms with Crippen molar-refractivity contribution < 1.29 is 19.1 Å². The van der Waals surface area contributed by atoms with E-state index in [2.05, 4.69) is 10.6 Å². The molecular weight excluding hydrogens is 367 g/mol. The Labute approximate surface area is 147 Å². The van der Waals surface area contributed by atoms with E-state index in [1.54, 1.807) is 6.92 Å². The molecule has 0 aliphatic carbocycles. The van der Waals surface area contributed by atoms with Gasteiger partial charge in [-0.15, -0.1) is 0 Å². The summed E-state index contributed by atoms with van der Waals surface area (Å²) in [5.41, 5.74) is 0.581. The van der Waals surface area contributed by atoms with Crippen molar-refractivity contribution in [1.29, 1.82) is 0 Å². The summed E-state index contributed by atoms with van der Waals surface area (Å²) in [7, 11) is 0. The minimum absolute atomic E-state index is 0.0540. The Kier molecular flexibility index (Phi) is 5.98. The van der Waals surface area contributed by atoms with Crippen LogP contribution in [0.15, 0.2) is 23.4 Å². The van der Waals surface area contributed by atoms with Crippen LogP contribution in [0.25, 0.3) is 0 Å². The fourth-order valence-corrected chi connectivity index (χ4v) is 2.43. The summed E-state index contributed by atoms with van der Waals surface area (Å²) in [6, 6.07) is 2.47. The molecule has 0 bridgehead atoms. The van der Waals surface area contributed by atoms with E-state index < -0.39 is 12.0 Å². The Balaban J connectivity index is 2.19. The molecule has 0 saturated heterocycles. The number of hydrogen-bond donors (Lipinski definition) is 2. The maximum Gasteiger partial charge on any atom is 0.337 e. The second-order valence-electron chi connectivity index (χ2n) is 4.47. The van der Waals surface area contributed by atoms with Crippen LogP contribution in [0.4, 0.5) is 4.79 Å². The number of amides is 2. The van der Waals surface area contributed by atoms with E-state index in [4.69, 9.17) is 44.3 Å². The number of urea groups is 1. The van der Waals surface area contributed by atoms with Crippen LogP contribution in [-0.4, -0.2) is 31.8 Å². The van der Waals surface area contributed by atoms with Crippen molar-refractivity contribution in [1.82, 2.24) is 10.6 Å². The third-order valence-corrected chi connectivity index (χ3v) is 3.94. The number of rotatable bonds is 5. The van der Waals surface area contributed by atoms with Crippen molar-refractivity contribution in [3.63, 3.8) is 0 Å². The van der Waals surface area contributed by atoms with E-state index in [0.717, 1.165) is 0 Å². The van der Waals surface area contributed by atoms with Gasteiger partial charge in [-0.1, -0.05) is 34.8 Å². The minimum atomic E-state index is -0.529. The van der Waals surface area contributed by atoms with E-state index >= 15 is 0 Å². The number of benzene rings is 1. The predicted octanol–water partition coefficient (Wildman–Crippen LogP) is 3.16. The van der Waals surface area contributed by atoms with Gasteiger partial charge < -0.3 is 20.1 Å². The average Bonchev–Trinajstić information content (AvgIpc) is 2.50. The molecule has 124 valence electrons. The van der Waals surface area contributed by atoms with E-state index in [1.165, 1.54) is 12.1 Å². The number of ether oxygens (including phenoxy) is 2. The Bertz CT molecular complexity index is 676. The first kappa shape index (κ1) is 17.7. The van der Waals surface area contributed by atoms with Crippen LogP contribution in [0.1, 0.15) is 6.92 Å². The second-order valence-corrected chi connectivity index (χ2v) is 5.69. The minimum Gasteiger partial charge on any atom is -0.486 e. The van der Waals surface area contributed by atoms with Gasteiger partial charge in [0.05, 0.1) is 39.5 Å². The van der Waals surface area contributed by atoms with E-state index in [1.807, 2.05) is 0 Å². The lowest BCUT2D eigenvalue weighted by atomic mass is 10.1. The summed E-state index contributed by atoms with van der Waals surface area (Å²) in [6.07, 6.45) is 0. The number of halogens is 3. The molecule has 1 aliphatic heterocycles. The van der Waals surface area contributed by atoms with Gasteiger partial charge in [-0.25, -0.2) is 9.59 Å². The Hall–Kier alpha value is -1.63. The van der Waals surface area contributed by atoms with Crippen LogP contribution < -0.4 is 15.4 Å². The normalized spacial score (nSPS) is 14.2. The topological polar surface area (TPSA) is 76.7 Å². The summed E-state index contributed by atoms with van der Waals surface area (Å²) in [5.74, 6) is -0.247. The maximum atomic E-state index is 11.9. The molecule has 0 fully saturated rings.